The molecule has 1 aliphatic rings. The summed E-state index contributed by atoms with van der Waals surface area (Å²) in [6, 6.07) is 0. The van der Waals surface area contributed by atoms with Crippen molar-refractivity contribution in [3.63, 3.8) is 0 Å². The van der Waals surface area contributed by atoms with Gasteiger partial charge in [0.25, 0.3) is 0 Å². The van der Waals surface area contributed by atoms with Crippen LogP contribution in [-0.2, 0) is 18.4 Å². The highest BCUT2D eigenvalue weighted by atomic mass is 16.1. The van der Waals surface area contributed by atoms with Crippen molar-refractivity contribution < 1.29 is 4.79 Å². The summed E-state index contributed by atoms with van der Waals surface area (Å²) in [6.07, 6.45) is 0.992. The van der Waals surface area contributed by atoms with Crippen LogP contribution in [0.1, 0.15) is 55.0 Å². The smallest absolute Gasteiger partial charge is 0.161 e. The van der Waals surface area contributed by atoms with Crippen molar-refractivity contribution >= 4 is 5.78 Å². The van der Waals surface area contributed by atoms with E-state index in [2.05, 4.69) is 31.1 Å². The minimum atomic E-state index is -0.00164. The molecular weight excluding hydrogens is 200 g/mol. The van der Waals surface area contributed by atoms with Crippen LogP contribution in [0.5, 0.6) is 0 Å². The number of hydrogen-bond donors (Lipinski definition) is 2. The summed E-state index contributed by atoms with van der Waals surface area (Å²) in [5.41, 5.74) is 4.43. The Morgan fingerprint density at radius 3 is 2.56 bits per heavy atom. The van der Waals surface area contributed by atoms with Crippen molar-refractivity contribution in [2.24, 2.45) is 0 Å². The van der Waals surface area contributed by atoms with E-state index in [-0.39, 0.29) is 11.2 Å². The predicted octanol–water partition coefficient (Wildman–Crippen LogP) is 2.16. The predicted molar refractivity (Wildman–Crippen MR) is 64.9 cm³/mol. The summed E-state index contributed by atoms with van der Waals surface area (Å²) in [6.45, 7) is 9.90. The minimum Gasteiger partial charge on any atom is -0.361 e. The molecule has 0 radical (unpaired) electrons. The Morgan fingerprint density at radius 2 is 2.00 bits per heavy atom. The second-order valence-electron chi connectivity index (χ2n) is 5.57. The van der Waals surface area contributed by atoms with Crippen LogP contribution in [0.25, 0.3) is 0 Å². The van der Waals surface area contributed by atoms with Gasteiger partial charge in [0.05, 0.1) is 0 Å². The molecule has 0 unspecified atom stereocenters. The first-order valence-corrected chi connectivity index (χ1v) is 5.87. The number of nitrogens with one attached hydrogen (secondary N) is 2. The number of rotatable bonds is 1. The average Bonchev–Trinajstić information content (AvgIpc) is 2.55. The summed E-state index contributed by atoms with van der Waals surface area (Å²) < 4.78 is 0. The zero-order valence-corrected chi connectivity index (χ0v) is 10.5. The Hall–Kier alpha value is -1.09. The highest BCUT2D eigenvalue weighted by Gasteiger charge is 2.28. The lowest BCUT2D eigenvalue weighted by Crippen LogP contribution is -2.24. The fourth-order valence-corrected chi connectivity index (χ4v) is 2.38. The standard InChI is InChI=1S/C13H20N2O/c1-8(16)11-9-7-14-6-5-10(9)15-12(11)13(2,3)4/h14-15H,5-7H2,1-4H3. The summed E-state index contributed by atoms with van der Waals surface area (Å²) in [7, 11) is 0. The number of aromatic amines is 1. The van der Waals surface area contributed by atoms with E-state index in [0.29, 0.717) is 0 Å². The Bertz CT molecular complexity index is 424. The number of H-pyrrole nitrogens is 1. The van der Waals surface area contributed by atoms with E-state index in [1.165, 1.54) is 11.3 Å². The largest absolute Gasteiger partial charge is 0.361 e. The Morgan fingerprint density at radius 1 is 1.31 bits per heavy atom. The molecule has 0 saturated carbocycles. The molecule has 2 N–H and O–H groups in total. The molecule has 3 heteroatoms. The molecule has 0 atom stereocenters. The molecule has 16 heavy (non-hydrogen) atoms. The second kappa shape index (κ2) is 3.74. The summed E-state index contributed by atoms with van der Waals surface area (Å²) >= 11 is 0. The zero-order chi connectivity index (χ0) is 11.9. The van der Waals surface area contributed by atoms with Gasteiger partial charge >= 0.3 is 0 Å². The number of fused-ring (bicyclic) bond motifs is 1. The van der Waals surface area contributed by atoms with E-state index < -0.39 is 0 Å². The van der Waals surface area contributed by atoms with Crippen molar-refractivity contribution in [2.45, 2.75) is 46.1 Å². The number of hydrogen-bond acceptors (Lipinski definition) is 2. The molecule has 0 aliphatic carbocycles. The highest BCUT2D eigenvalue weighted by molar-refractivity contribution is 5.97. The lowest BCUT2D eigenvalue weighted by atomic mass is 9.87. The monoisotopic (exact) mass is 220 g/mol. The molecule has 2 rings (SSSR count). The zero-order valence-electron chi connectivity index (χ0n) is 10.5. The van der Waals surface area contributed by atoms with Crippen molar-refractivity contribution in [3.8, 4) is 0 Å². The molecule has 0 saturated heterocycles. The van der Waals surface area contributed by atoms with Crippen LogP contribution in [-0.4, -0.2) is 17.3 Å². The first-order valence-electron chi connectivity index (χ1n) is 5.87. The molecule has 0 fully saturated rings. The average molecular weight is 220 g/mol. The fourth-order valence-electron chi connectivity index (χ4n) is 2.38. The van der Waals surface area contributed by atoms with Gasteiger partial charge in [0, 0.05) is 41.9 Å². The maximum Gasteiger partial charge on any atom is 0.161 e. The summed E-state index contributed by atoms with van der Waals surface area (Å²) in [5, 5.41) is 3.33. The van der Waals surface area contributed by atoms with Gasteiger partial charge in [-0.05, 0) is 12.5 Å². The molecule has 2 heterocycles. The molecule has 0 amide bonds. The first-order chi connectivity index (χ1) is 7.41. The first kappa shape index (κ1) is 11.4. The molecule has 1 aromatic rings. The Balaban J connectivity index is 2.61. The van der Waals surface area contributed by atoms with Gasteiger partial charge in [-0.3, -0.25) is 4.79 Å². The van der Waals surface area contributed by atoms with Crippen LogP contribution >= 0.6 is 0 Å². The maximum atomic E-state index is 11.8. The lowest BCUT2D eigenvalue weighted by Gasteiger charge is -2.18. The molecule has 0 aromatic carbocycles. The lowest BCUT2D eigenvalue weighted by molar-refractivity contribution is 0.101. The van der Waals surface area contributed by atoms with Crippen LogP contribution in [0.2, 0.25) is 0 Å². The fraction of sp³-hybridized carbons (Fsp3) is 0.615. The Kier molecular flexibility index (Phi) is 2.66. The van der Waals surface area contributed by atoms with Crippen LogP contribution in [0.4, 0.5) is 0 Å². The van der Waals surface area contributed by atoms with Gasteiger partial charge in [0.15, 0.2) is 5.78 Å². The van der Waals surface area contributed by atoms with E-state index in [0.717, 1.165) is 30.8 Å². The van der Waals surface area contributed by atoms with Crippen molar-refractivity contribution in [2.75, 3.05) is 6.54 Å². The molecule has 1 aromatic heterocycles. The third-order valence-corrected chi connectivity index (χ3v) is 3.15. The van der Waals surface area contributed by atoms with Crippen molar-refractivity contribution in [1.82, 2.24) is 10.3 Å². The van der Waals surface area contributed by atoms with Crippen LogP contribution < -0.4 is 5.32 Å². The third-order valence-electron chi connectivity index (χ3n) is 3.15. The third kappa shape index (κ3) is 1.80. The van der Waals surface area contributed by atoms with Gasteiger partial charge in [-0.2, -0.15) is 0 Å². The highest BCUT2D eigenvalue weighted by Crippen LogP contribution is 2.31. The van der Waals surface area contributed by atoms with Gasteiger partial charge in [-0.1, -0.05) is 20.8 Å². The van der Waals surface area contributed by atoms with Gasteiger partial charge in [0.2, 0.25) is 0 Å². The Labute approximate surface area is 96.6 Å². The summed E-state index contributed by atoms with van der Waals surface area (Å²) in [5.74, 6) is 0.172. The van der Waals surface area contributed by atoms with E-state index in [4.69, 9.17) is 0 Å². The van der Waals surface area contributed by atoms with Crippen molar-refractivity contribution in [1.29, 1.82) is 0 Å². The van der Waals surface area contributed by atoms with Gasteiger partial charge < -0.3 is 10.3 Å². The van der Waals surface area contributed by atoms with E-state index >= 15 is 0 Å². The summed E-state index contributed by atoms with van der Waals surface area (Å²) in [4.78, 5) is 15.3. The number of ketones is 1. The minimum absolute atomic E-state index is 0.00164. The molecule has 88 valence electrons. The van der Waals surface area contributed by atoms with Crippen LogP contribution in [0.15, 0.2) is 0 Å². The SMILES string of the molecule is CC(=O)c1c(C(C)(C)C)[nH]c2c1CNCC2. The van der Waals surface area contributed by atoms with Gasteiger partial charge in [-0.15, -0.1) is 0 Å². The second-order valence-corrected chi connectivity index (χ2v) is 5.57. The van der Waals surface area contributed by atoms with Crippen LogP contribution in [0.3, 0.4) is 0 Å². The number of Topliss-reactive ketones (excluding diaryl/α,β-unsaturated/α-hetero) is 1. The molecule has 1 aliphatic heterocycles. The molecule has 3 nitrogen and oxygen atoms in total. The quantitative estimate of drug-likeness (QED) is 0.712. The molecule has 0 spiro atoms. The topological polar surface area (TPSA) is 44.9 Å². The van der Waals surface area contributed by atoms with Gasteiger partial charge in [-0.25, -0.2) is 0 Å². The molecule has 0 bridgehead atoms. The normalized spacial score (nSPS) is 16.0. The number of carbonyl (C=O) groups excluding carboxylic acids is 1. The van der Waals surface area contributed by atoms with E-state index in [1.54, 1.807) is 6.92 Å². The number of carbonyl (C=O) groups is 1. The van der Waals surface area contributed by atoms with E-state index in [9.17, 15) is 4.79 Å². The maximum absolute atomic E-state index is 11.8. The van der Waals surface area contributed by atoms with E-state index in [1.807, 2.05) is 0 Å². The van der Waals surface area contributed by atoms with Crippen LogP contribution in [0, 0.1) is 0 Å². The number of aromatic nitrogens is 1. The van der Waals surface area contributed by atoms with Crippen molar-refractivity contribution in [3.05, 3.63) is 22.5 Å². The molecular formula is C13H20N2O. The van der Waals surface area contributed by atoms with Gasteiger partial charge in [0.1, 0.15) is 0 Å².